The van der Waals surface area contributed by atoms with E-state index < -0.39 is 11.5 Å². The first-order chi connectivity index (χ1) is 8.18. The maximum absolute atomic E-state index is 10.8. The summed E-state index contributed by atoms with van der Waals surface area (Å²) in [6, 6.07) is 12.0. The van der Waals surface area contributed by atoms with Crippen molar-refractivity contribution >= 4 is 6.09 Å². The molecule has 88 valence electrons. The summed E-state index contributed by atoms with van der Waals surface area (Å²) in [5, 5.41) is 18.3. The van der Waals surface area contributed by atoms with Gasteiger partial charge in [-0.1, -0.05) is 30.3 Å². The van der Waals surface area contributed by atoms with Crippen LogP contribution < -0.4 is 0 Å². The van der Waals surface area contributed by atoms with Gasteiger partial charge < -0.3 is 10.0 Å². The third kappa shape index (κ3) is 2.09. The van der Waals surface area contributed by atoms with Crippen LogP contribution in [0.15, 0.2) is 30.3 Å². The van der Waals surface area contributed by atoms with Crippen molar-refractivity contribution < 1.29 is 9.90 Å². The smallest absolute Gasteiger partial charge is 0.407 e. The Hall–Kier alpha value is -2.02. The molecule has 0 aromatic heterocycles. The molecule has 1 aromatic rings. The number of nitriles is 1. The van der Waals surface area contributed by atoms with Crippen LogP contribution in [0.25, 0.3) is 0 Å². The predicted octanol–water partition coefficient (Wildman–Crippen LogP) is 2.22. The number of hydrogen-bond donors (Lipinski definition) is 1. The van der Waals surface area contributed by atoms with Crippen LogP contribution in [0.4, 0.5) is 4.79 Å². The Balaban J connectivity index is 2.20. The molecule has 0 spiro atoms. The molecular weight excluding hydrogens is 216 g/mol. The first-order valence-electron chi connectivity index (χ1n) is 5.63. The quantitative estimate of drug-likeness (QED) is 0.804. The van der Waals surface area contributed by atoms with Gasteiger partial charge in [-0.3, -0.25) is 0 Å². The van der Waals surface area contributed by atoms with Crippen LogP contribution in [0.2, 0.25) is 0 Å². The minimum Gasteiger partial charge on any atom is -0.465 e. The third-order valence-corrected chi connectivity index (χ3v) is 3.43. The number of piperidine rings is 1. The van der Waals surface area contributed by atoms with Gasteiger partial charge in [0.25, 0.3) is 0 Å². The van der Waals surface area contributed by atoms with Crippen LogP contribution in [-0.2, 0) is 5.41 Å². The summed E-state index contributed by atoms with van der Waals surface area (Å²) in [5.41, 5.74) is 0.472. The molecule has 0 radical (unpaired) electrons. The second kappa shape index (κ2) is 4.46. The van der Waals surface area contributed by atoms with Gasteiger partial charge in [0.05, 0.1) is 11.5 Å². The molecule has 1 aliphatic heterocycles. The molecule has 0 aliphatic carbocycles. The molecule has 1 N–H and O–H groups in total. The topological polar surface area (TPSA) is 64.3 Å². The molecule has 1 aliphatic rings. The lowest BCUT2D eigenvalue weighted by Gasteiger charge is -2.36. The van der Waals surface area contributed by atoms with E-state index in [2.05, 4.69) is 6.07 Å². The van der Waals surface area contributed by atoms with Gasteiger partial charge in [0, 0.05) is 13.1 Å². The summed E-state index contributed by atoms with van der Waals surface area (Å²) in [5.74, 6) is 0. The first-order valence-corrected chi connectivity index (χ1v) is 5.63. The molecule has 1 saturated heterocycles. The number of carboxylic acid groups (broad SMARTS) is 1. The zero-order chi connectivity index (χ0) is 12.3. The highest BCUT2D eigenvalue weighted by atomic mass is 16.4. The lowest BCUT2D eigenvalue weighted by Crippen LogP contribution is -2.44. The standard InChI is InChI=1S/C13H14N2O2/c14-10-13(11-4-2-1-3-5-11)6-8-15(9-7-13)12(16)17/h1-5H,6-9H2,(H,16,17). The molecule has 4 heteroatoms. The fourth-order valence-corrected chi connectivity index (χ4v) is 2.30. The largest absolute Gasteiger partial charge is 0.465 e. The zero-order valence-corrected chi connectivity index (χ0v) is 9.47. The molecule has 0 saturated carbocycles. The van der Waals surface area contributed by atoms with Gasteiger partial charge in [-0.2, -0.15) is 5.26 Å². The fraction of sp³-hybridized carbons (Fsp3) is 0.385. The van der Waals surface area contributed by atoms with Gasteiger partial charge in [-0.15, -0.1) is 0 Å². The lowest BCUT2D eigenvalue weighted by atomic mass is 9.74. The van der Waals surface area contributed by atoms with Crippen molar-refractivity contribution in [3.8, 4) is 6.07 Å². The van der Waals surface area contributed by atoms with Gasteiger partial charge in [0.15, 0.2) is 0 Å². The van der Waals surface area contributed by atoms with E-state index in [9.17, 15) is 10.1 Å². The Morgan fingerprint density at radius 3 is 2.35 bits per heavy atom. The van der Waals surface area contributed by atoms with Crippen molar-refractivity contribution in [2.45, 2.75) is 18.3 Å². The van der Waals surface area contributed by atoms with E-state index in [-0.39, 0.29) is 0 Å². The summed E-state index contributed by atoms with van der Waals surface area (Å²) in [4.78, 5) is 12.2. The van der Waals surface area contributed by atoms with Crippen LogP contribution >= 0.6 is 0 Å². The number of benzene rings is 1. The number of likely N-dealkylation sites (tertiary alicyclic amines) is 1. The third-order valence-electron chi connectivity index (χ3n) is 3.43. The Bertz CT molecular complexity index is 442. The van der Waals surface area contributed by atoms with E-state index in [0.717, 1.165) is 5.56 Å². The van der Waals surface area contributed by atoms with Crippen molar-refractivity contribution in [2.24, 2.45) is 0 Å². The molecule has 1 aromatic carbocycles. The van der Waals surface area contributed by atoms with Gasteiger partial charge >= 0.3 is 6.09 Å². The lowest BCUT2D eigenvalue weighted by molar-refractivity contribution is 0.125. The van der Waals surface area contributed by atoms with E-state index in [4.69, 9.17) is 5.11 Å². The van der Waals surface area contributed by atoms with E-state index in [1.807, 2.05) is 30.3 Å². The van der Waals surface area contributed by atoms with Crippen LogP contribution in [0.1, 0.15) is 18.4 Å². The molecule has 0 bridgehead atoms. The minimum atomic E-state index is -0.899. The Morgan fingerprint density at radius 1 is 1.29 bits per heavy atom. The molecule has 0 atom stereocenters. The molecule has 1 heterocycles. The average molecular weight is 230 g/mol. The highest BCUT2D eigenvalue weighted by molar-refractivity contribution is 5.65. The molecule has 1 amide bonds. The molecule has 0 unspecified atom stereocenters. The Morgan fingerprint density at radius 2 is 1.88 bits per heavy atom. The van der Waals surface area contributed by atoms with Crippen molar-refractivity contribution in [3.63, 3.8) is 0 Å². The first kappa shape index (κ1) is 11.5. The van der Waals surface area contributed by atoms with Crippen LogP contribution in [0.5, 0.6) is 0 Å². The highest BCUT2D eigenvalue weighted by Crippen LogP contribution is 2.34. The molecule has 1 fully saturated rings. The summed E-state index contributed by atoms with van der Waals surface area (Å²) < 4.78 is 0. The molecule has 4 nitrogen and oxygen atoms in total. The van der Waals surface area contributed by atoms with Crippen molar-refractivity contribution in [1.82, 2.24) is 4.90 Å². The zero-order valence-electron chi connectivity index (χ0n) is 9.47. The number of amides is 1. The van der Waals surface area contributed by atoms with E-state index in [1.54, 1.807) is 0 Å². The summed E-state index contributed by atoms with van der Waals surface area (Å²) in [7, 11) is 0. The van der Waals surface area contributed by atoms with Crippen molar-refractivity contribution in [2.75, 3.05) is 13.1 Å². The van der Waals surface area contributed by atoms with Gasteiger partial charge in [-0.25, -0.2) is 4.79 Å². The monoisotopic (exact) mass is 230 g/mol. The minimum absolute atomic E-state index is 0.428. The second-order valence-electron chi connectivity index (χ2n) is 4.33. The summed E-state index contributed by atoms with van der Waals surface area (Å²) >= 11 is 0. The van der Waals surface area contributed by atoms with Crippen LogP contribution in [-0.4, -0.2) is 29.2 Å². The maximum atomic E-state index is 10.8. The summed E-state index contributed by atoms with van der Waals surface area (Å²) in [6.45, 7) is 0.857. The van der Waals surface area contributed by atoms with E-state index >= 15 is 0 Å². The maximum Gasteiger partial charge on any atom is 0.407 e. The van der Waals surface area contributed by atoms with Gasteiger partial charge in [0.2, 0.25) is 0 Å². The fourth-order valence-electron chi connectivity index (χ4n) is 2.30. The average Bonchev–Trinajstić information content (AvgIpc) is 2.40. The number of hydrogen-bond acceptors (Lipinski definition) is 2. The second-order valence-corrected chi connectivity index (χ2v) is 4.33. The molecular formula is C13H14N2O2. The van der Waals surface area contributed by atoms with Gasteiger partial charge in [0.1, 0.15) is 0 Å². The van der Waals surface area contributed by atoms with E-state index in [0.29, 0.717) is 25.9 Å². The molecule has 17 heavy (non-hydrogen) atoms. The highest BCUT2D eigenvalue weighted by Gasteiger charge is 2.37. The SMILES string of the molecule is N#CC1(c2ccccc2)CCN(C(=O)O)CC1. The van der Waals surface area contributed by atoms with Gasteiger partial charge in [-0.05, 0) is 18.4 Å². The van der Waals surface area contributed by atoms with Crippen molar-refractivity contribution in [1.29, 1.82) is 5.26 Å². The number of nitrogens with zero attached hydrogens (tertiary/aromatic N) is 2. The number of carbonyl (C=O) groups is 1. The molecule has 2 rings (SSSR count). The Labute approximate surface area is 100 Å². The summed E-state index contributed by atoms with van der Waals surface area (Å²) in [6.07, 6.45) is 0.240. The number of rotatable bonds is 1. The van der Waals surface area contributed by atoms with Crippen molar-refractivity contribution in [3.05, 3.63) is 35.9 Å². The van der Waals surface area contributed by atoms with Crippen LogP contribution in [0, 0.1) is 11.3 Å². The Kier molecular flexibility index (Phi) is 3.01. The van der Waals surface area contributed by atoms with Crippen LogP contribution in [0.3, 0.4) is 0 Å². The van der Waals surface area contributed by atoms with E-state index in [1.165, 1.54) is 4.90 Å². The predicted molar refractivity (Wildman–Crippen MR) is 62.6 cm³/mol. The normalized spacial score (nSPS) is 18.4.